The van der Waals surface area contributed by atoms with Crippen molar-refractivity contribution in [2.24, 2.45) is 0 Å². The van der Waals surface area contributed by atoms with Gasteiger partial charge in [0, 0.05) is 24.0 Å². The molecule has 3 amide bonds. The van der Waals surface area contributed by atoms with Gasteiger partial charge in [0.1, 0.15) is 18.1 Å². The Bertz CT molecular complexity index is 834. The minimum Gasteiger partial charge on any atom is -0.447 e. The van der Waals surface area contributed by atoms with Crippen LogP contribution >= 0.6 is 0 Å². The number of urea groups is 1. The Labute approximate surface area is 150 Å². The molecule has 2 fully saturated rings. The number of ether oxygens (including phenoxy) is 1. The number of anilines is 2. The number of aromatic nitrogens is 1. The highest BCUT2D eigenvalue weighted by molar-refractivity contribution is 5.93. The number of carbonyl (C=O) groups excluding carboxylic acids is 2. The highest BCUT2D eigenvalue weighted by atomic mass is 16.6. The maximum Gasteiger partial charge on any atom is 0.414 e. The van der Waals surface area contributed by atoms with E-state index in [4.69, 9.17) is 9.26 Å². The van der Waals surface area contributed by atoms with E-state index in [0.29, 0.717) is 31.1 Å². The zero-order chi connectivity index (χ0) is 18.1. The number of hydrogen-bond acceptors (Lipinski definition) is 5. The van der Waals surface area contributed by atoms with Crippen LogP contribution in [-0.4, -0.2) is 41.9 Å². The van der Waals surface area contributed by atoms with Crippen molar-refractivity contribution in [2.45, 2.75) is 25.8 Å². The summed E-state index contributed by atoms with van der Waals surface area (Å²) in [7, 11) is 0. The van der Waals surface area contributed by atoms with Crippen LogP contribution in [-0.2, 0) is 4.74 Å². The molecule has 0 saturated carbocycles. The fourth-order valence-corrected chi connectivity index (χ4v) is 3.43. The summed E-state index contributed by atoms with van der Waals surface area (Å²) in [5.74, 6) is 0.734. The van der Waals surface area contributed by atoms with Gasteiger partial charge in [0.15, 0.2) is 0 Å². The standard InChI is InChI=1S/C18H20N4O4/c1-12-10-15(20-26-12)16-6-3-7-22(16)17(23)19-13-4-2-5-14(11-13)21-8-9-25-18(21)24/h2,4-5,10-11,16H,3,6-9H2,1H3,(H,19,23). The molecule has 1 aromatic heterocycles. The maximum absolute atomic E-state index is 12.8. The van der Waals surface area contributed by atoms with Gasteiger partial charge in [-0.15, -0.1) is 0 Å². The Hall–Kier alpha value is -3.03. The van der Waals surface area contributed by atoms with Gasteiger partial charge in [-0.3, -0.25) is 4.90 Å². The molecular formula is C18H20N4O4. The van der Waals surface area contributed by atoms with Crippen molar-refractivity contribution in [3.63, 3.8) is 0 Å². The van der Waals surface area contributed by atoms with Gasteiger partial charge in [-0.25, -0.2) is 9.59 Å². The molecule has 1 aromatic carbocycles. The molecule has 0 aliphatic carbocycles. The highest BCUT2D eigenvalue weighted by Gasteiger charge is 2.32. The van der Waals surface area contributed by atoms with Crippen LogP contribution in [0.25, 0.3) is 0 Å². The van der Waals surface area contributed by atoms with E-state index in [9.17, 15) is 9.59 Å². The number of cyclic esters (lactones) is 1. The Kier molecular flexibility index (Phi) is 4.24. The van der Waals surface area contributed by atoms with Crippen LogP contribution < -0.4 is 10.2 Å². The number of amides is 3. The number of benzene rings is 1. The van der Waals surface area contributed by atoms with E-state index in [2.05, 4.69) is 10.5 Å². The largest absolute Gasteiger partial charge is 0.447 e. The monoisotopic (exact) mass is 356 g/mol. The third-order valence-corrected chi connectivity index (χ3v) is 4.67. The van der Waals surface area contributed by atoms with Gasteiger partial charge in [0.2, 0.25) is 0 Å². The third-order valence-electron chi connectivity index (χ3n) is 4.67. The number of rotatable bonds is 3. The summed E-state index contributed by atoms with van der Waals surface area (Å²) in [6.45, 7) is 3.39. The van der Waals surface area contributed by atoms with Crippen LogP contribution in [0.3, 0.4) is 0 Å². The first kappa shape index (κ1) is 16.4. The second kappa shape index (κ2) is 6.70. The van der Waals surface area contributed by atoms with Gasteiger partial charge >= 0.3 is 12.1 Å². The summed E-state index contributed by atoms with van der Waals surface area (Å²) < 4.78 is 10.1. The summed E-state index contributed by atoms with van der Waals surface area (Å²) in [4.78, 5) is 27.8. The van der Waals surface area contributed by atoms with Crippen LogP contribution in [0, 0.1) is 6.92 Å². The van der Waals surface area contributed by atoms with Gasteiger partial charge in [0.05, 0.1) is 12.6 Å². The summed E-state index contributed by atoms with van der Waals surface area (Å²) in [6, 6.07) is 8.80. The molecule has 3 heterocycles. The second-order valence-electron chi connectivity index (χ2n) is 6.46. The molecule has 1 unspecified atom stereocenters. The van der Waals surface area contributed by atoms with Gasteiger partial charge in [-0.05, 0) is 38.0 Å². The van der Waals surface area contributed by atoms with Crippen LogP contribution in [0.15, 0.2) is 34.9 Å². The molecule has 2 aromatic rings. The van der Waals surface area contributed by atoms with Crippen molar-refractivity contribution in [3.8, 4) is 0 Å². The van der Waals surface area contributed by atoms with Crippen molar-refractivity contribution in [1.82, 2.24) is 10.1 Å². The second-order valence-corrected chi connectivity index (χ2v) is 6.46. The Morgan fingerprint density at radius 2 is 2.19 bits per heavy atom. The number of aryl methyl sites for hydroxylation is 1. The average Bonchev–Trinajstić information content (AvgIpc) is 3.35. The smallest absolute Gasteiger partial charge is 0.414 e. The topological polar surface area (TPSA) is 87.9 Å². The van der Waals surface area contributed by atoms with E-state index >= 15 is 0 Å². The SMILES string of the molecule is Cc1cc(C2CCCN2C(=O)Nc2cccc(N3CCOC3=O)c2)no1. The first-order valence-electron chi connectivity index (χ1n) is 8.67. The van der Waals surface area contributed by atoms with E-state index in [1.165, 1.54) is 0 Å². The zero-order valence-electron chi connectivity index (χ0n) is 14.5. The minimum absolute atomic E-state index is 0.0795. The predicted octanol–water partition coefficient (Wildman–Crippen LogP) is 3.31. The van der Waals surface area contributed by atoms with Crippen LogP contribution in [0.1, 0.15) is 30.3 Å². The molecular weight excluding hydrogens is 336 g/mol. The normalized spacial score (nSPS) is 19.7. The molecule has 0 spiro atoms. The van der Waals surface area contributed by atoms with E-state index in [0.717, 1.165) is 24.3 Å². The third kappa shape index (κ3) is 3.10. The van der Waals surface area contributed by atoms with Crippen LogP contribution in [0.5, 0.6) is 0 Å². The lowest BCUT2D eigenvalue weighted by Crippen LogP contribution is -2.34. The van der Waals surface area contributed by atoms with Gasteiger partial charge in [0.25, 0.3) is 0 Å². The number of carbonyl (C=O) groups is 2. The number of nitrogens with one attached hydrogen (secondary N) is 1. The Balaban J connectivity index is 1.48. The molecule has 2 aliphatic rings. The molecule has 8 heteroatoms. The molecule has 26 heavy (non-hydrogen) atoms. The summed E-state index contributed by atoms with van der Waals surface area (Å²) in [6.07, 6.45) is 1.41. The molecule has 8 nitrogen and oxygen atoms in total. The van der Waals surface area contributed by atoms with Crippen LogP contribution in [0.2, 0.25) is 0 Å². The van der Waals surface area contributed by atoms with Crippen molar-refractivity contribution < 1.29 is 18.8 Å². The Morgan fingerprint density at radius 1 is 1.31 bits per heavy atom. The zero-order valence-corrected chi connectivity index (χ0v) is 14.5. The van der Waals surface area contributed by atoms with E-state index in [1.807, 2.05) is 19.1 Å². The fourth-order valence-electron chi connectivity index (χ4n) is 3.43. The number of nitrogens with zero attached hydrogens (tertiary/aromatic N) is 3. The first-order chi connectivity index (χ1) is 12.6. The molecule has 1 atom stereocenters. The molecule has 136 valence electrons. The van der Waals surface area contributed by atoms with E-state index in [-0.39, 0.29) is 18.2 Å². The van der Waals surface area contributed by atoms with Crippen molar-refractivity contribution >= 4 is 23.5 Å². The van der Waals surface area contributed by atoms with Crippen molar-refractivity contribution in [1.29, 1.82) is 0 Å². The fraction of sp³-hybridized carbons (Fsp3) is 0.389. The van der Waals surface area contributed by atoms with Gasteiger partial charge in [-0.2, -0.15) is 0 Å². The lowest BCUT2D eigenvalue weighted by atomic mass is 10.1. The maximum atomic E-state index is 12.8. The molecule has 1 N–H and O–H groups in total. The van der Waals surface area contributed by atoms with E-state index < -0.39 is 0 Å². The predicted molar refractivity (Wildman–Crippen MR) is 94.1 cm³/mol. The first-order valence-corrected chi connectivity index (χ1v) is 8.67. The summed E-state index contributed by atoms with van der Waals surface area (Å²) >= 11 is 0. The van der Waals surface area contributed by atoms with Gasteiger partial charge < -0.3 is 19.5 Å². The molecule has 0 radical (unpaired) electrons. The molecule has 0 bridgehead atoms. The van der Waals surface area contributed by atoms with Crippen molar-refractivity contribution in [2.75, 3.05) is 29.9 Å². The molecule has 2 aliphatic heterocycles. The number of hydrogen-bond donors (Lipinski definition) is 1. The molecule has 2 saturated heterocycles. The quantitative estimate of drug-likeness (QED) is 0.911. The highest BCUT2D eigenvalue weighted by Crippen LogP contribution is 2.32. The van der Waals surface area contributed by atoms with Gasteiger partial charge in [-0.1, -0.05) is 11.2 Å². The van der Waals surface area contributed by atoms with Crippen LogP contribution in [0.4, 0.5) is 21.0 Å². The molecule has 4 rings (SSSR count). The van der Waals surface area contributed by atoms with Crippen molar-refractivity contribution in [3.05, 3.63) is 41.8 Å². The minimum atomic E-state index is -0.366. The summed E-state index contributed by atoms with van der Waals surface area (Å²) in [5.41, 5.74) is 2.12. The lowest BCUT2D eigenvalue weighted by molar-refractivity contribution is 0.181. The van der Waals surface area contributed by atoms with E-state index in [1.54, 1.807) is 28.0 Å². The lowest BCUT2D eigenvalue weighted by Gasteiger charge is -2.23. The Morgan fingerprint density at radius 3 is 2.92 bits per heavy atom. The summed E-state index contributed by atoms with van der Waals surface area (Å²) in [5, 5.41) is 6.98. The number of likely N-dealkylation sites (tertiary alicyclic amines) is 1. The average molecular weight is 356 g/mol.